The maximum atomic E-state index is 5.38. The maximum absolute atomic E-state index is 5.38. The standard InChI is InChI=1S/C2H13NO2Si4/c6-5-7-3-1-2-4-9-8-3/h1-2,7-9H2,6H3. The molecule has 7 heteroatoms. The molecule has 0 bridgehead atoms. The van der Waals surface area contributed by atoms with Gasteiger partial charge < -0.3 is 12.8 Å². The van der Waals surface area contributed by atoms with Gasteiger partial charge in [-0.2, -0.15) is 0 Å². The largest absolute Gasteiger partial charge is 0.457 e. The van der Waals surface area contributed by atoms with Gasteiger partial charge in [0.1, 0.15) is 19.7 Å². The van der Waals surface area contributed by atoms with Crippen molar-refractivity contribution in [3.63, 3.8) is 0 Å². The zero-order valence-corrected chi connectivity index (χ0v) is 12.0. The lowest BCUT2D eigenvalue weighted by Gasteiger charge is -2.24. The Morgan fingerprint density at radius 3 is 3.22 bits per heavy atom. The van der Waals surface area contributed by atoms with E-state index in [-0.39, 0.29) is 28.4 Å². The lowest BCUT2D eigenvalue weighted by Crippen LogP contribution is -2.44. The van der Waals surface area contributed by atoms with Gasteiger partial charge in [0, 0.05) is 13.2 Å². The van der Waals surface area contributed by atoms with Crippen molar-refractivity contribution < 1.29 is 8.54 Å². The Kier molecular flexibility index (Phi) is 3.96. The molecule has 0 N–H and O–H groups in total. The smallest absolute Gasteiger partial charge is 0.219 e. The molecule has 1 rings (SSSR count). The first-order valence-corrected chi connectivity index (χ1v) is 10.5. The highest BCUT2D eigenvalue weighted by Gasteiger charge is 2.09. The monoisotopic (exact) mass is 195 g/mol. The van der Waals surface area contributed by atoms with Crippen LogP contribution in [0.15, 0.2) is 0 Å². The van der Waals surface area contributed by atoms with Gasteiger partial charge >= 0.3 is 0 Å². The lowest BCUT2D eigenvalue weighted by atomic mass is 10.8. The van der Waals surface area contributed by atoms with E-state index in [1.165, 1.54) is 6.54 Å². The zero-order chi connectivity index (χ0) is 6.53. The van der Waals surface area contributed by atoms with Gasteiger partial charge in [0.25, 0.3) is 0 Å². The third-order valence-corrected chi connectivity index (χ3v) is 11.5. The summed E-state index contributed by atoms with van der Waals surface area (Å²) in [6.07, 6.45) is 0. The van der Waals surface area contributed by atoms with Gasteiger partial charge in [-0.15, -0.1) is 0 Å². The highest BCUT2D eigenvalue weighted by molar-refractivity contribution is 6.98. The molecule has 0 aromatic heterocycles. The molecule has 0 radical (unpaired) electrons. The van der Waals surface area contributed by atoms with Crippen molar-refractivity contribution in [1.29, 1.82) is 0 Å². The van der Waals surface area contributed by atoms with E-state index in [0.29, 0.717) is 0 Å². The predicted molar refractivity (Wildman–Crippen MR) is 49.3 cm³/mol. The van der Waals surface area contributed by atoms with Gasteiger partial charge in [-0.25, -0.2) is 0 Å². The van der Waals surface area contributed by atoms with Crippen molar-refractivity contribution in [3.05, 3.63) is 0 Å². The Bertz CT molecular complexity index is 74.2. The first-order valence-electron chi connectivity index (χ1n) is 3.22. The van der Waals surface area contributed by atoms with Crippen molar-refractivity contribution in [2.75, 3.05) is 13.2 Å². The van der Waals surface area contributed by atoms with Crippen molar-refractivity contribution in [3.8, 4) is 0 Å². The minimum atomic E-state index is -0.213. The molecule has 54 valence electrons. The van der Waals surface area contributed by atoms with Crippen LogP contribution in [0.4, 0.5) is 0 Å². The van der Waals surface area contributed by atoms with E-state index in [0.717, 1.165) is 17.1 Å². The van der Waals surface area contributed by atoms with Crippen LogP contribution < -0.4 is 0 Å². The van der Waals surface area contributed by atoms with Crippen LogP contribution in [-0.4, -0.2) is 56.3 Å². The fraction of sp³-hybridized carbons (Fsp3) is 1.00. The van der Waals surface area contributed by atoms with E-state index in [4.69, 9.17) is 8.54 Å². The average molecular weight is 195 g/mol. The van der Waals surface area contributed by atoms with E-state index in [9.17, 15) is 0 Å². The fourth-order valence-corrected chi connectivity index (χ4v) is 10.6. The summed E-state index contributed by atoms with van der Waals surface area (Å²) in [6.45, 7) is 2.19. The third kappa shape index (κ3) is 2.89. The van der Waals surface area contributed by atoms with Gasteiger partial charge in [0.15, 0.2) is 9.28 Å². The molecule has 0 saturated carbocycles. The number of nitrogens with zero attached hydrogens (tertiary/aromatic N) is 1. The Morgan fingerprint density at radius 1 is 1.78 bits per heavy atom. The van der Waals surface area contributed by atoms with E-state index in [2.05, 4.69) is 4.23 Å². The molecule has 0 aromatic carbocycles. The van der Waals surface area contributed by atoms with Crippen LogP contribution in [0.5, 0.6) is 0 Å². The zero-order valence-electron chi connectivity index (χ0n) is 5.80. The van der Waals surface area contributed by atoms with Crippen LogP contribution in [0.2, 0.25) is 0 Å². The van der Waals surface area contributed by atoms with Crippen molar-refractivity contribution in [2.24, 2.45) is 0 Å². The molecule has 9 heavy (non-hydrogen) atoms. The molecular formula is C2H13NO2Si4. The summed E-state index contributed by atoms with van der Waals surface area (Å²) < 4.78 is 13.3. The highest BCUT2D eigenvalue weighted by atomic mass is 29.2. The van der Waals surface area contributed by atoms with Gasteiger partial charge in [0.05, 0.1) is 0 Å². The number of rotatable bonds is 2. The van der Waals surface area contributed by atoms with Crippen molar-refractivity contribution >= 4 is 38.9 Å². The predicted octanol–water partition coefficient (Wildman–Crippen LogP) is -4.30. The molecule has 0 atom stereocenters. The van der Waals surface area contributed by atoms with Gasteiger partial charge in [0.2, 0.25) is 9.92 Å². The second kappa shape index (κ2) is 4.55. The Balaban J connectivity index is 2.08. The summed E-state index contributed by atoms with van der Waals surface area (Å²) in [5.74, 6) is 0. The van der Waals surface area contributed by atoms with Crippen LogP contribution in [0.1, 0.15) is 0 Å². The minimum absolute atomic E-state index is 0.0243. The van der Waals surface area contributed by atoms with Gasteiger partial charge in [-0.3, -0.25) is 0 Å². The molecule has 1 aliphatic rings. The molecule has 0 aromatic rings. The normalized spacial score (nSPS) is 29.3. The molecular weight excluding hydrogens is 182 g/mol. The molecule has 0 aliphatic carbocycles. The quantitative estimate of drug-likeness (QED) is 0.416. The number of hydrogen-bond donors (Lipinski definition) is 0. The van der Waals surface area contributed by atoms with E-state index in [1.807, 2.05) is 0 Å². The van der Waals surface area contributed by atoms with Crippen LogP contribution in [-0.2, 0) is 8.54 Å². The molecule has 1 heterocycles. The minimum Gasteiger partial charge on any atom is -0.457 e. The highest BCUT2D eigenvalue weighted by Crippen LogP contribution is 1.88. The summed E-state index contributed by atoms with van der Waals surface area (Å²) in [4.78, 5) is 0. The first-order chi connectivity index (χ1) is 4.43. The first kappa shape index (κ1) is 7.85. The Morgan fingerprint density at radius 2 is 2.67 bits per heavy atom. The van der Waals surface area contributed by atoms with Crippen LogP contribution in [0.3, 0.4) is 0 Å². The SMILES string of the molecule is [SiH3]O[SiH2]N1CCO[SiH2][SiH2]1. The van der Waals surface area contributed by atoms with E-state index >= 15 is 0 Å². The second-order valence-electron chi connectivity index (χ2n) is 2.15. The molecule has 0 unspecified atom stereocenters. The third-order valence-electron chi connectivity index (χ3n) is 1.42. The molecule has 3 nitrogen and oxygen atoms in total. The molecule has 1 saturated heterocycles. The molecule has 0 spiro atoms. The van der Waals surface area contributed by atoms with E-state index < -0.39 is 0 Å². The topological polar surface area (TPSA) is 21.7 Å². The van der Waals surface area contributed by atoms with Gasteiger partial charge in [-0.05, 0) is 0 Å². The summed E-state index contributed by atoms with van der Waals surface area (Å²) in [7, 11) is 0.823. The molecule has 0 amide bonds. The molecule has 1 fully saturated rings. The lowest BCUT2D eigenvalue weighted by molar-refractivity contribution is 0.309. The van der Waals surface area contributed by atoms with Crippen LogP contribution >= 0.6 is 0 Å². The van der Waals surface area contributed by atoms with Crippen molar-refractivity contribution in [2.45, 2.75) is 0 Å². The van der Waals surface area contributed by atoms with Crippen molar-refractivity contribution in [1.82, 2.24) is 4.23 Å². The average Bonchev–Trinajstić information content (AvgIpc) is 1.91. The maximum Gasteiger partial charge on any atom is 0.219 e. The molecule has 1 aliphatic heterocycles. The Labute approximate surface area is 65.3 Å². The summed E-state index contributed by atoms with van der Waals surface area (Å²) in [5.41, 5.74) is 0. The summed E-state index contributed by atoms with van der Waals surface area (Å²) in [5, 5.41) is 0. The van der Waals surface area contributed by atoms with Gasteiger partial charge in [-0.1, -0.05) is 0 Å². The number of hydrogen-bond acceptors (Lipinski definition) is 3. The summed E-state index contributed by atoms with van der Waals surface area (Å²) >= 11 is 0. The van der Waals surface area contributed by atoms with E-state index in [1.54, 1.807) is 0 Å². The summed E-state index contributed by atoms with van der Waals surface area (Å²) in [6, 6.07) is 0. The Hall–Kier alpha value is 0.748. The second-order valence-corrected chi connectivity index (χ2v) is 11.2. The van der Waals surface area contributed by atoms with Crippen LogP contribution in [0, 0.1) is 0 Å². The fourth-order valence-electron chi connectivity index (χ4n) is 0.913. The van der Waals surface area contributed by atoms with Crippen LogP contribution in [0.25, 0.3) is 0 Å².